The first-order valence-electron chi connectivity index (χ1n) is 9.60. The molecule has 2 unspecified atom stereocenters. The molecular formula is C19H31NO11S. The molecule has 0 fully saturated rings. The van der Waals surface area contributed by atoms with Crippen molar-refractivity contribution in [3.8, 4) is 0 Å². The molecule has 0 aliphatic rings. The average Bonchev–Trinajstić information content (AvgIpc) is 2.73. The second kappa shape index (κ2) is 14.6. The number of nitrogens with one attached hydrogen (secondary N) is 1. The first-order valence-corrected chi connectivity index (χ1v) is 11.0. The van der Waals surface area contributed by atoms with Crippen LogP contribution in [0.25, 0.3) is 0 Å². The van der Waals surface area contributed by atoms with Crippen LogP contribution in [-0.2, 0) is 43.1 Å². The number of amides is 1. The van der Waals surface area contributed by atoms with Gasteiger partial charge in [-0.05, 0) is 12.8 Å². The van der Waals surface area contributed by atoms with E-state index in [1.807, 2.05) is 13.8 Å². The van der Waals surface area contributed by atoms with Crippen LogP contribution in [0.5, 0.6) is 0 Å². The molecule has 0 aliphatic heterocycles. The van der Waals surface area contributed by atoms with Crippen molar-refractivity contribution >= 4 is 28.4 Å². The summed E-state index contributed by atoms with van der Waals surface area (Å²) in [5, 5.41) is 2.38. The summed E-state index contributed by atoms with van der Waals surface area (Å²) in [7, 11) is -4.78. The minimum atomic E-state index is -4.78. The molecule has 184 valence electrons. The fourth-order valence-corrected chi connectivity index (χ4v) is 2.24. The summed E-state index contributed by atoms with van der Waals surface area (Å²) in [6.07, 6.45) is 0.362. The van der Waals surface area contributed by atoms with Gasteiger partial charge in [-0.1, -0.05) is 33.4 Å². The molecule has 1 amide bonds. The molecule has 0 rings (SSSR count). The van der Waals surface area contributed by atoms with Gasteiger partial charge in [0.25, 0.3) is 0 Å². The highest BCUT2D eigenvalue weighted by Gasteiger charge is 2.32. The molecule has 2 atom stereocenters. The number of alkyl carbamates (subject to hydrolysis) is 1. The largest absolute Gasteiger partial charge is 0.460 e. The third kappa shape index (κ3) is 14.5. The van der Waals surface area contributed by atoms with Crippen LogP contribution in [0, 0.1) is 5.92 Å². The Bertz CT molecular complexity index is 726. The maximum absolute atomic E-state index is 12.4. The van der Waals surface area contributed by atoms with Crippen LogP contribution in [0.2, 0.25) is 0 Å². The van der Waals surface area contributed by atoms with Crippen molar-refractivity contribution in [1.82, 2.24) is 5.32 Å². The summed E-state index contributed by atoms with van der Waals surface area (Å²) >= 11 is 0. The zero-order chi connectivity index (χ0) is 24.8. The molecule has 12 nitrogen and oxygen atoms in total. The van der Waals surface area contributed by atoms with Gasteiger partial charge >= 0.3 is 28.4 Å². The number of rotatable bonds is 16. The molecule has 0 saturated carbocycles. The van der Waals surface area contributed by atoms with E-state index in [0.29, 0.717) is 6.61 Å². The summed E-state index contributed by atoms with van der Waals surface area (Å²) in [6.45, 7) is 10.4. The lowest BCUT2D eigenvalue weighted by Crippen LogP contribution is -2.54. The summed E-state index contributed by atoms with van der Waals surface area (Å²) in [5.74, 6) is -1.35. The van der Waals surface area contributed by atoms with Gasteiger partial charge in [0.1, 0.15) is 25.4 Å². The van der Waals surface area contributed by atoms with Gasteiger partial charge in [0.05, 0.1) is 6.61 Å². The average molecular weight is 482 g/mol. The Balaban J connectivity index is 5.18. The Hall–Kier alpha value is -2.48. The zero-order valence-electron chi connectivity index (χ0n) is 18.4. The Morgan fingerprint density at radius 2 is 1.59 bits per heavy atom. The lowest BCUT2D eigenvalue weighted by Gasteiger charge is -2.30. The van der Waals surface area contributed by atoms with Crippen LogP contribution < -0.4 is 5.32 Å². The van der Waals surface area contributed by atoms with Gasteiger partial charge in [-0.2, -0.15) is 8.42 Å². The van der Waals surface area contributed by atoms with Crippen molar-refractivity contribution in [3.05, 3.63) is 25.3 Å². The minimum Gasteiger partial charge on any atom is -0.460 e. The van der Waals surface area contributed by atoms with E-state index in [4.69, 9.17) is 23.5 Å². The van der Waals surface area contributed by atoms with Crippen molar-refractivity contribution in [3.63, 3.8) is 0 Å². The van der Waals surface area contributed by atoms with Crippen LogP contribution in [-0.4, -0.2) is 75.7 Å². The van der Waals surface area contributed by atoms with Crippen molar-refractivity contribution in [2.45, 2.75) is 38.8 Å². The second-order valence-electron chi connectivity index (χ2n) is 7.10. The van der Waals surface area contributed by atoms with Crippen LogP contribution in [0.1, 0.15) is 27.2 Å². The maximum Gasteiger partial charge on any atom is 0.408 e. The number of ether oxygens (including phenoxy) is 4. The van der Waals surface area contributed by atoms with Crippen molar-refractivity contribution < 1.29 is 50.5 Å². The molecule has 0 bridgehead atoms. The molecule has 2 N–H and O–H groups in total. The predicted octanol–water partition coefficient (Wildman–Crippen LogP) is 1.18. The van der Waals surface area contributed by atoms with Gasteiger partial charge in [0, 0.05) is 18.8 Å². The van der Waals surface area contributed by atoms with Crippen molar-refractivity contribution in [2.24, 2.45) is 5.92 Å². The van der Waals surface area contributed by atoms with Crippen molar-refractivity contribution in [1.29, 1.82) is 0 Å². The second-order valence-corrected chi connectivity index (χ2v) is 8.19. The Morgan fingerprint density at radius 3 is 2.03 bits per heavy atom. The molecule has 0 radical (unpaired) electrons. The fraction of sp³-hybridized carbons (Fsp3) is 0.632. The van der Waals surface area contributed by atoms with E-state index < -0.39 is 59.9 Å². The Morgan fingerprint density at radius 1 is 1.06 bits per heavy atom. The maximum atomic E-state index is 12.4. The number of carbonyl (C=O) groups excluding carboxylic acids is 3. The van der Waals surface area contributed by atoms with E-state index in [9.17, 15) is 22.8 Å². The van der Waals surface area contributed by atoms with E-state index in [0.717, 1.165) is 18.6 Å². The van der Waals surface area contributed by atoms with Crippen LogP contribution in [0.3, 0.4) is 0 Å². The van der Waals surface area contributed by atoms with Crippen LogP contribution in [0.15, 0.2) is 25.3 Å². The fourth-order valence-electron chi connectivity index (χ4n) is 1.92. The SMILES string of the molecule is C=CC(=O)OCC(C)(COC(=O)C=C)NC(=O)OC(COCC(C)CC)COS(=O)(=O)O. The molecule has 0 aliphatic carbocycles. The molecule has 0 aromatic heterocycles. The monoisotopic (exact) mass is 481 g/mol. The van der Waals surface area contributed by atoms with E-state index in [-0.39, 0.29) is 12.5 Å². The smallest absolute Gasteiger partial charge is 0.408 e. The van der Waals surface area contributed by atoms with Gasteiger partial charge < -0.3 is 24.3 Å². The lowest BCUT2D eigenvalue weighted by molar-refractivity contribution is -0.144. The van der Waals surface area contributed by atoms with E-state index in [2.05, 4.69) is 22.7 Å². The number of hydrogen-bond donors (Lipinski definition) is 2. The highest BCUT2D eigenvalue weighted by Crippen LogP contribution is 2.10. The molecular weight excluding hydrogens is 450 g/mol. The van der Waals surface area contributed by atoms with Gasteiger partial charge in [-0.25, -0.2) is 18.6 Å². The Labute approximate surface area is 187 Å². The number of hydrogen-bond acceptors (Lipinski definition) is 10. The summed E-state index contributed by atoms with van der Waals surface area (Å²) < 4.78 is 55.1. The first kappa shape index (κ1) is 29.5. The number of carbonyl (C=O) groups is 3. The summed E-state index contributed by atoms with van der Waals surface area (Å²) in [4.78, 5) is 35.1. The first-order chi connectivity index (χ1) is 14.8. The molecule has 0 saturated heterocycles. The van der Waals surface area contributed by atoms with Crippen LogP contribution >= 0.6 is 0 Å². The third-order valence-corrected chi connectivity index (χ3v) is 4.32. The van der Waals surface area contributed by atoms with Crippen molar-refractivity contribution in [2.75, 3.05) is 33.0 Å². The zero-order valence-corrected chi connectivity index (χ0v) is 19.2. The molecule has 32 heavy (non-hydrogen) atoms. The molecule has 0 spiro atoms. The van der Waals surface area contributed by atoms with Gasteiger partial charge in [0.2, 0.25) is 0 Å². The standard InChI is InChI=1S/C19H31NO11S/c1-6-14(4)9-27-10-15(11-30-32(24,25)26)31-18(23)20-19(5,12-28-16(21)7-2)13-29-17(22)8-3/h7-8,14-15H,2-3,6,9-13H2,1,4-5H3,(H,20,23)(H,24,25,26). The van der Waals surface area contributed by atoms with Crippen LogP contribution in [0.4, 0.5) is 4.79 Å². The van der Waals surface area contributed by atoms with Gasteiger partial charge in [0.15, 0.2) is 6.10 Å². The number of esters is 2. The molecule has 13 heteroatoms. The highest BCUT2D eigenvalue weighted by atomic mass is 32.3. The Kier molecular flexibility index (Phi) is 13.4. The lowest BCUT2D eigenvalue weighted by atomic mass is 10.1. The van der Waals surface area contributed by atoms with E-state index in [1.54, 1.807) is 0 Å². The van der Waals surface area contributed by atoms with E-state index in [1.165, 1.54) is 6.92 Å². The van der Waals surface area contributed by atoms with Gasteiger partial charge in [-0.3, -0.25) is 4.55 Å². The topological polar surface area (TPSA) is 164 Å². The molecule has 0 heterocycles. The predicted molar refractivity (Wildman–Crippen MR) is 112 cm³/mol. The minimum absolute atomic E-state index is 0.203. The van der Waals surface area contributed by atoms with Gasteiger partial charge in [-0.15, -0.1) is 0 Å². The molecule has 0 aromatic rings. The quantitative estimate of drug-likeness (QED) is 0.141. The third-order valence-electron chi connectivity index (χ3n) is 3.88. The normalized spacial score (nSPS) is 13.4. The highest BCUT2D eigenvalue weighted by molar-refractivity contribution is 7.80. The summed E-state index contributed by atoms with van der Waals surface area (Å²) in [6, 6.07) is 0. The summed E-state index contributed by atoms with van der Waals surface area (Å²) in [5.41, 5.74) is -1.42. The van der Waals surface area contributed by atoms with E-state index >= 15 is 0 Å². The molecule has 0 aromatic carbocycles.